The average molecular weight is 353 g/mol. The minimum Gasteiger partial charge on any atom is -0.341 e. The molecule has 0 spiro atoms. The van der Waals surface area contributed by atoms with Crippen molar-refractivity contribution >= 4 is 16.8 Å². The van der Waals surface area contributed by atoms with Gasteiger partial charge in [0.15, 0.2) is 0 Å². The van der Waals surface area contributed by atoms with Crippen molar-refractivity contribution < 1.29 is 4.79 Å². The number of carbonyl (C=O) groups is 1. The van der Waals surface area contributed by atoms with Crippen molar-refractivity contribution in [1.82, 2.24) is 14.8 Å². The Bertz CT molecular complexity index is 858. The molecule has 0 bridgehead atoms. The molecule has 1 aromatic carbocycles. The molecule has 2 aromatic rings. The molecule has 0 radical (unpaired) electrons. The van der Waals surface area contributed by atoms with Gasteiger partial charge in [0.2, 0.25) is 5.56 Å². The zero-order chi connectivity index (χ0) is 18.1. The first kappa shape index (κ1) is 17.3. The fourth-order valence-corrected chi connectivity index (χ4v) is 4.81. The molecule has 3 heterocycles. The molecule has 0 unspecified atom stereocenters. The summed E-state index contributed by atoms with van der Waals surface area (Å²) < 4.78 is 0. The number of aromatic nitrogens is 1. The van der Waals surface area contributed by atoms with E-state index >= 15 is 0 Å². The number of H-pyrrole nitrogens is 1. The normalized spacial score (nSPS) is 23.6. The Kier molecular flexibility index (Phi) is 4.81. The number of nitrogens with one attached hydrogen (secondary N) is 1. The first-order valence-corrected chi connectivity index (χ1v) is 9.75. The van der Waals surface area contributed by atoms with Gasteiger partial charge in [0, 0.05) is 36.6 Å². The topological polar surface area (TPSA) is 56.4 Å². The van der Waals surface area contributed by atoms with Crippen molar-refractivity contribution in [3.05, 3.63) is 46.2 Å². The third kappa shape index (κ3) is 3.28. The number of amides is 1. The van der Waals surface area contributed by atoms with E-state index in [-0.39, 0.29) is 11.5 Å². The highest BCUT2D eigenvalue weighted by Crippen LogP contribution is 2.31. The van der Waals surface area contributed by atoms with E-state index in [1.165, 1.54) is 51.3 Å². The number of fused-ring (bicyclic) bond motifs is 2. The molecule has 2 fully saturated rings. The summed E-state index contributed by atoms with van der Waals surface area (Å²) in [5.74, 6) is 0.478. The van der Waals surface area contributed by atoms with Crippen LogP contribution in [0.1, 0.15) is 42.5 Å². The van der Waals surface area contributed by atoms with Gasteiger partial charge < -0.3 is 14.8 Å². The smallest absolute Gasteiger partial charge is 0.254 e. The molecule has 0 saturated carbocycles. The summed E-state index contributed by atoms with van der Waals surface area (Å²) in [5.41, 5.74) is 0.993. The number of carbonyl (C=O) groups excluding carboxylic acids is 1. The van der Waals surface area contributed by atoms with E-state index in [1.54, 1.807) is 0 Å². The van der Waals surface area contributed by atoms with Crippen molar-refractivity contribution in [3.8, 4) is 0 Å². The average Bonchev–Trinajstić information content (AvgIpc) is 2.67. The number of rotatable bonds is 3. The van der Waals surface area contributed by atoms with Crippen LogP contribution in [0.3, 0.4) is 0 Å². The van der Waals surface area contributed by atoms with Crippen LogP contribution in [0.15, 0.2) is 35.1 Å². The molecule has 1 amide bonds. The second kappa shape index (κ2) is 7.23. The Morgan fingerprint density at radius 3 is 2.88 bits per heavy atom. The second-order valence-corrected chi connectivity index (χ2v) is 7.78. The SMILES string of the molecule is CN(C[C@@H]1CCCN2CCCC[C@@H]12)C(=O)c1cc(=O)[nH]c2ccccc12. The minimum absolute atomic E-state index is 0.0553. The van der Waals surface area contributed by atoms with Gasteiger partial charge in [-0.1, -0.05) is 24.6 Å². The molecule has 2 aliphatic heterocycles. The summed E-state index contributed by atoms with van der Waals surface area (Å²) >= 11 is 0. The van der Waals surface area contributed by atoms with Gasteiger partial charge in [0.25, 0.3) is 5.91 Å². The maximum Gasteiger partial charge on any atom is 0.254 e. The van der Waals surface area contributed by atoms with Crippen LogP contribution in [-0.4, -0.2) is 53.4 Å². The maximum absolute atomic E-state index is 13.1. The highest BCUT2D eigenvalue weighted by Gasteiger charge is 2.34. The van der Waals surface area contributed by atoms with E-state index in [0.29, 0.717) is 23.0 Å². The minimum atomic E-state index is -0.225. The number of aromatic amines is 1. The van der Waals surface area contributed by atoms with E-state index in [1.807, 2.05) is 36.2 Å². The Morgan fingerprint density at radius 1 is 1.19 bits per heavy atom. The summed E-state index contributed by atoms with van der Waals surface area (Å²) in [7, 11) is 1.88. The van der Waals surface area contributed by atoms with Crippen molar-refractivity contribution in [1.29, 1.82) is 0 Å². The van der Waals surface area contributed by atoms with Crippen LogP contribution in [0.25, 0.3) is 10.9 Å². The summed E-state index contributed by atoms with van der Waals surface area (Å²) in [4.78, 5) is 32.3. The number of piperidine rings is 2. The molecule has 1 N–H and O–H groups in total. The van der Waals surface area contributed by atoms with Crippen molar-refractivity contribution in [2.75, 3.05) is 26.7 Å². The number of pyridine rings is 1. The van der Waals surface area contributed by atoms with E-state index in [2.05, 4.69) is 9.88 Å². The molecule has 26 heavy (non-hydrogen) atoms. The molecule has 5 heteroatoms. The quantitative estimate of drug-likeness (QED) is 0.923. The summed E-state index contributed by atoms with van der Waals surface area (Å²) in [6, 6.07) is 9.57. The monoisotopic (exact) mass is 353 g/mol. The molecule has 4 rings (SSSR count). The van der Waals surface area contributed by atoms with Gasteiger partial charge in [-0.05, 0) is 50.8 Å². The van der Waals surface area contributed by atoms with E-state index in [9.17, 15) is 9.59 Å². The molecule has 1 aromatic heterocycles. The molecule has 2 aliphatic rings. The van der Waals surface area contributed by atoms with E-state index < -0.39 is 0 Å². The van der Waals surface area contributed by atoms with Crippen LogP contribution in [-0.2, 0) is 0 Å². The number of para-hydroxylation sites is 1. The molecule has 5 nitrogen and oxygen atoms in total. The van der Waals surface area contributed by atoms with Crippen LogP contribution < -0.4 is 5.56 Å². The highest BCUT2D eigenvalue weighted by atomic mass is 16.2. The molecule has 0 aliphatic carbocycles. The lowest BCUT2D eigenvalue weighted by Crippen LogP contribution is -2.51. The van der Waals surface area contributed by atoms with Crippen LogP contribution in [0, 0.1) is 5.92 Å². The Morgan fingerprint density at radius 2 is 2.00 bits per heavy atom. The number of hydrogen-bond acceptors (Lipinski definition) is 3. The largest absolute Gasteiger partial charge is 0.341 e. The first-order valence-electron chi connectivity index (χ1n) is 9.75. The lowest BCUT2D eigenvalue weighted by Gasteiger charge is -2.45. The van der Waals surface area contributed by atoms with Crippen LogP contribution in [0.5, 0.6) is 0 Å². The summed E-state index contributed by atoms with van der Waals surface area (Å²) in [6.45, 7) is 3.18. The lowest BCUT2D eigenvalue weighted by molar-refractivity contribution is 0.0403. The predicted octanol–water partition coefficient (Wildman–Crippen LogP) is 2.86. The predicted molar refractivity (Wildman–Crippen MR) is 103 cm³/mol. The number of nitrogens with zero attached hydrogens (tertiary/aromatic N) is 2. The van der Waals surface area contributed by atoms with Crippen LogP contribution in [0.2, 0.25) is 0 Å². The first-order chi connectivity index (χ1) is 12.6. The van der Waals surface area contributed by atoms with Crippen molar-refractivity contribution in [3.63, 3.8) is 0 Å². The standard InChI is InChI=1S/C21H27N3O2/c1-23(14-15-7-6-12-24-11-5-4-10-19(15)24)21(26)17-13-20(25)22-18-9-3-2-8-16(17)18/h2-3,8-9,13,15,19H,4-7,10-12,14H2,1H3,(H,22,25)/t15-,19-/m0/s1. The fraction of sp³-hybridized carbons (Fsp3) is 0.524. The third-order valence-electron chi connectivity index (χ3n) is 6.06. The van der Waals surface area contributed by atoms with Gasteiger partial charge in [0.05, 0.1) is 5.56 Å². The van der Waals surface area contributed by atoms with Gasteiger partial charge >= 0.3 is 0 Å². The second-order valence-electron chi connectivity index (χ2n) is 7.78. The third-order valence-corrected chi connectivity index (χ3v) is 6.06. The van der Waals surface area contributed by atoms with Gasteiger partial charge in [-0.2, -0.15) is 0 Å². The zero-order valence-corrected chi connectivity index (χ0v) is 15.4. The van der Waals surface area contributed by atoms with Crippen LogP contribution in [0.4, 0.5) is 0 Å². The Labute approximate surface area is 154 Å². The lowest BCUT2D eigenvalue weighted by atomic mass is 9.83. The Balaban J connectivity index is 1.56. The number of benzene rings is 1. The zero-order valence-electron chi connectivity index (χ0n) is 15.4. The summed E-state index contributed by atoms with van der Waals surface area (Å²) in [5, 5.41) is 0.812. The van der Waals surface area contributed by atoms with Crippen molar-refractivity contribution in [2.45, 2.75) is 38.1 Å². The molecular weight excluding hydrogens is 326 g/mol. The van der Waals surface area contributed by atoms with Gasteiger partial charge in [-0.25, -0.2) is 0 Å². The number of hydrogen-bond donors (Lipinski definition) is 1. The van der Waals surface area contributed by atoms with Gasteiger partial charge in [-0.3, -0.25) is 9.59 Å². The van der Waals surface area contributed by atoms with Crippen molar-refractivity contribution in [2.24, 2.45) is 5.92 Å². The fourth-order valence-electron chi connectivity index (χ4n) is 4.81. The van der Waals surface area contributed by atoms with Gasteiger partial charge in [0.1, 0.15) is 0 Å². The van der Waals surface area contributed by atoms with E-state index in [4.69, 9.17) is 0 Å². The molecular formula is C21H27N3O2. The van der Waals surface area contributed by atoms with Gasteiger partial charge in [-0.15, -0.1) is 0 Å². The molecule has 2 saturated heterocycles. The molecule has 138 valence electrons. The molecule has 2 atom stereocenters. The summed E-state index contributed by atoms with van der Waals surface area (Å²) in [6.07, 6.45) is 6.26. The highest BCUT2D eigenvalue weighted by molar-refractivity contribution is 6.05. The van der Waals surface area contributed by atoms with Crippen LogP contribution >= 0.6 is 0 Å². The maximum atomic E-state index is 13.1. The Hall–Kier alpha value is -2.14. The van der Waals surface area contributed by atoms with E-state index in [0.717, 1.165) is 11.9 Å².